The molecule has 1 aliphatic carbocycles. The van der Waals surface area contributed by atoms with Gasteiger partial charge in [-0.3, -0.25) is 4.79 Å². The number of benzene rings is 1. The average Bonchev–Trinajstić information content (AvgIpc) is 2.99. The van der Waals surface area contributed by atoms with Gasteiger partial charge in [-0.25, -0.2) is 13.2 Å². The minimum Gasteiger partial charge on any atom is -0.496 e. The zero-order valence-corrected chi connectivity index (χ0v) is 13.9. The van der Waals surface area contributed by atoms with Crippen molar-refractivity contribution in [2.75, 3.05) is 20.3 Å². The molecule has 8 heteroatoms. The van der Waals surface area contributed by atoms with Crippen LogP contribution in [0.5, 0.6) is 11.5 Å². The molecule has 0 bridgehead atoms. The third kappa shape index (κ3) is 4.18. The van der Waals surface area contributed by atoms with E-state index in [1.807, 2.05) is 0 Å². The first kappa shape index (κ1) is 17.8. The SMILES string of the molecule is COc1cc(OCC2CC2(F)F)c(F)cc1CNC(=O)C1CCCN1. The summed E-state index contributed by atoms with van der Waals surface area (Å²) in [4.78, 5) is 12.0. The van der Waals surface area contributed by atoms with Crippen LogP contribution in [0.1, 0.15) is 24.8 Å². The average molecular weight is 358 g/mol. The number of carbonyl (C=O) groups excluding carboxylic acids is 1. The summed E-state index contributed by atoms with van der Waals surface area (Å²) in [5, 5.41) is 5.83. The lowest BCUT2D eigenvalue weighted by Crippen LogP contribution is -2.40. The highest BCUT2D eigenvalue weighted by Crippen LogP contribution is 2.48. The van der Waals surface area contributed by atoms with Crippen molar-refractivity contribution >= 4 is 5.91 Å². The van der Waals surface area contributed by atoms with Gasteiger partial charge in [0.15, 0.2) is 11.6 Å². The Hall–Kier alpha value is -1.96. The molecular weight excluding hydrogens is 337 g/mol. The molecule has 1 aromatic rings. The number of hydrogen-bond acceptors (Lipinski definition) is 4. The molecule has 1 aliphatic heterocycles. The van der Waals surface area contributed by atoms with Gasteiger partial charge >= 0.3 is 0 Å². The van der Waals surface area contributed by atoms with E-state index < -0.39 is 17.7 Å². The molecule has 1 saturated heterocycles. The predicted molar refractivity (Wildman–Crippen MR) is 84.4 cm³/mol. The largest absolute Gasteiger partial charge is 0.496 e. The number of ether oxygens (including phenoxy) is 2. The topological polar surface area (TPSA) is 59.6 Å². The Bertz CT molecular complexity index is 648. The van der Waals surface area contributed by atoms with Gasteiger partial charge in [-0.1, -0.05) is 0 Å². The van der Waals surface area contributed by atoms with Crippen LogP contribution >= 0.6 is 0 Å². The van der Waals surface area contributed by atoms with Gasteiger partial charge in [0.1, 0.15) is 5.75 Å². The fourth-order valence-corrected chi connectivity index (χ4v) is 2.87. The quantitative estimate of drug-likeness (QED) is 0.785. The van der Waals surface area contributed by atoms with Crippen LogP contribution in [0, 0.1) is 11.7 Å². The molecule has 1 heterocycles. The lowest BCUT2D eigenvalue weighted by atomic mass is 10.1. The molecule has 2 N–H and O–H groups in total. The van der Waals surface area contributed by atoms with Crippen molar-refractivity contribution in [3.63, 3.8) is 0 Å². The normalized spacial score (nSPS) is 24.0. The van der Waals surface area contributed by atoms with Crippen molar-refractivity contribution in [3.8, 4) is 11.5 Å². The number of amides is 1. The van der Waals surface area contributed by atoms with Crippen molar-refractivity contribution < 1.29 is 27.4 Å². The van der Waals surface area contributed by atoms with E-state index in [1.54, 1.807) is 0 Å². The number of carbonyl (C=O) groups is 1. The minimum atomic E-state index is -2.71. The summed E-state index contributed by atoms with van der Waals surface area (Å²) in [6, 6.07) is 2.30. The first-order valence-electron chi connectivity index (χ1n) is 8.29. The molecular formula is C17H21F3N2O3. The molecule has 0 radical (unpaired) electrons. The second-order valence-electron chi connectivity index (χ2n) is 6.43. The summed E-state index contributed by atoms with van der Waals surface area (Å²) < 4.78 is 50.3. The maximum Gasteiger partial charge on any atom is 0.255 e. The van der Waals surface area contributed by atoms with Gasteiger partial charge in [0.2, 0.25) is 5.91 Å². The van der Waals surface area contributed by atoms with Crippen molar-refractivity contribution in [2.45, 2.75) is 37.8 Å². The Morgan fingerprint density at radius 1 is 1.40 bits per heavy atom. The summed E-state index contributed by atoms with van der Waals surface area (Å²) in [6.07, 6.45) is 1.49. The first-order chi connectivity index (χ1) is 11.9. The van der Waals surface area contributed by atoms with E-state index in [9.17, 15) is 18.0 Å². The number of methoxy groups -OCH3 is 1. The second-order valence-corrected chi connectivity index (χ2v) is 6.43. The Balaban J connectivity index is 1.61. The molecule has 2 unspecified atom stereocenters. The summed E-state index contributed by atoms with van der Waals surface area (Å²) in [5.41, 5.74) is 0.454. The van der Waals surface area contributed by atoms with E-state index in [0.717, 1.165) is 19.4 Å². The van der Waals surface area contributed by atoms with Crippen LogP contribution in [-0.4, -0.2) is 38.1 Å². The van der Waals surface area contributed by atoms with Gasteiger partial charge in [-0.15, -0.1) is 0 Å². The summed E-state index contributed by atoms with van der Waals surface area (Å²) in [6.45, 7) is 0.677. The maximum absolute atomic E-state index is 14.2. The molecule has 3 rings (SSSR count). The van der Waals surface area contributed by atoms with Crippen LogP contribution in [0.15, 0.2) is 12.1 Å². The zero-order valence-electron chi connectivity index (χ0n) is 13.9. The number of nitrogens with one attached hydrogen (secondary N) is 2. The number of rotatable bonds is 7. The van der Waals surface area contributed by atoms with Crippen LogP contribution in [0.4, 0.5) is 13.2 Å². The van der Waals surface area contributed by atoms with Crippen molar-refractivity contribution in [2.24, 2.45) is 5.92 Å². The number of hydrogen-bond donors (Lipinski definition) is 2. The molecule has 0 aromatic heterocycles. The third-order valence-electron chi connectivity index (χ3n) is 4.56. The molecule has 5 nitrogen and oxygen atoms in total. The van der Waals surface area contributed by atoms with Crippen molar-refractivity contribution in [1.82, 2.24) is 10.6 Å². The van der Waals surface area contributed by atoms with Crippen LogP contribution in [0.3, 0.4) is 0 Å². The lowest BCUT2D eigenvalue weighted by molar-refractivity contribution is -0.122. The highest BCUT2D eigenvalue weighted by Gasteiger charge is 2.57. The standard InChI is InChI=1S/C17H21F3N2O3/c1-24-14-6-15(25-9-11-7-17(11,19)20)12(18)5-10(14)8-22-16(23)13-3-2-4-21-13/h5-6,11,13,21H,2-4,7-9H2,1H3,(H,22,23). The Kier molecular flexibility index (Phi) is 5.08. The zero-order chi connectivity index (χ0) is 18.0. The van der Waals surface area contributed by atoms with Crippen molar-refractivity contribution in [3.05, 3.63) is 23.5 Å². The van der Waals surface area contributed by atoms with Gasteiger partial charge in [0, 0.05) is 24.6 Å². The first-order valence-corrected chi connectivity index (χ1v) is 8.29. The van der Waals surface area contributed by atoms with Gasteiger partial charge in [0.05, 0.1) is 25.7 Å². The Morgan fingerprint density at radius 3 is 2.76 bits per heavy atom. The van der Waals surface area contributed by atoms with E-state index >= 15 is 0 Å². The van der Waals surface area contributed by atoms with Crippen LogP contribution in [0.25, 0.3) is 0 Å². The predicted octanol–water partition coefficient (Wildman–Crippen LogP) is 2.24. The minimum absolute atomic E-state index is 0.109. The fraction of sp³-hybridized carbons (Fsp3) is 0.588. The van der Waals surface area contributed by atoms with E-state index in [-0.39, 0.29) is 37.3 Å². The smallest absolute Gasteiger partial charge is 0.255 e. The molecule has 138 valence electrons. The van der Waals surface area contributed by atoms with Crippen LogP contribution < -0.4 is 20.1 Å². The fourth-order valence-electron chi connectivity index (χ4n) is 2.87. The molecule has 1 saturated carbocycles. The maximum atomic E-state index is 14.2. The van der Waals surface area contributed by atoms with Gasteiger partial charge in [0.25, 0.3) is 5.92 Å². The highest BCUT2D eigenvalue weighted by molar-refractivity contribution is 5.82. The number of alkyl halides is 2. The van der Waals surface area contributed by atoms with Crippen LogP contribution in [-0.2, 0) is 11.3 Å². The van der Waals surface area contributed by atoms with E-state index in [0.29, 0.717) is 11.3 Å². The summed E-state index contributed by atoms with van der Waals surface area (Å²) >= 11 is 0. The molecule has 0 spiro atoms. The van der Waals surface area contributed by atoms with Crippen LogP contribution in [0.2, 0.25) is 0 Å². The Morgan fingerprint density at radius 2 is 2.16 bits per heavy atom. The monoisotopic (exact) mass is 358 g/mol. The second kappa shape index (κ2) is 7.11. The molecule has 2 fully saturated rings. The van der Waals surface area contributed by atoms with Gasteiger partial charge < -0.3 is 20.1 Å². The molecule has 1 amide bonds. The van der Waals surface area contributed by atoms with E-state index in [1.165, 1.54) is 19.2 Å². The van der Waals surface area contributed by atoms with Gasteiger partial charge in [-0.05, 0) is 25.5 Å². The summed E-state index contributed by atoms with van der Waals surface area (Å²) in [7, 11) is 1.41. The lowest BCUT2D eigenvalue weighted by Gasteiger charge is -2.15. The summed E-state index contributed by atoms with van der Waals surface area (Å²) in [5.74, 6) is -4.19. The van der Waals surface area contributed by atoms with Crippen molar-refractivity contribution in [1.29, 1.82) is 0 Å². The Labute approximate surface area is 143 Å². The van der Waals surface area contributed by atoms with E-state index in [2.05, 4.69) is 10.6 Å². The highest BCUT2D eigenvalue weighted by atomic mass is 19.3. The molecule has 2 atom stereocenters. The molecule has 2 aliphatic rings. The molecule has 25 heavy (non-hydrogen) atoms. The van der Waals surface area contributed by atoms with Gasteiger partial charge in [-0.2, -0.15) is 0 Å². The number of halogens is 3. The molecule has 1 aromatic carbocycles. The van der Waals surface area contributed by atoms with E-state index in [4.69, 9.17) is 9.47 Å². The third-order valence-corrected chi connectivity index (χ3v) is 4.56.